The van der Waals surface area contributed by atoms with E-state index in [0.29, 0.717) is 25.3 Å². The fourth-order valence-corrected chi connectivity index (χ4v) is 4.82. The van der Waals surface area contributed by atoms with Crippen LogP contribution in [0.1, 0.15) is 47.4 Å². The number of hydrogen-bond acceptors (Lipinski definition) is 3. The minimum atomic E-state index is -0.168. The van der Waals surface area contributed by atoms with Gasteiger partial charge in [0.1, 0.15) is 6.54 Å². The molecule has 0 fully saturated rings. The van der Waals surface area contributed by atoms with Crippen molar-refractivity contribution in [2.75, 3.05) is 26.8 Å². The lowest BCUT2D eigenvalue weighted by atomic mass is 10.1. The van der Waals surface area contributed by atoms with Gasteiger partial charge in [-0.05, 0) is 66.4 Å². The van der Waals surface area contributed by atoms with Crippen LogP contribution in [0.4, 0.5) is 0 Å². The number of carbonyl (C=O) groups is 2. The Morgan fingerprint density at radius 2 is 1.69 bits per heavy atom. The first kappa shape index (κ1) is 28.1. The number of fused-ring (bicyclic) bond motifs is 1. The summed E-state index contributed by atoms with van der Waals surface area (Å²) < 4.78 is 7.49. The largest absolute Gasteiger partial charge is 0.383 e. The maximum Gasteiger partial charge on any atom is 0.254 e. The molecule has 0 aliphatic heterocycles. The summed E-state index contributed by atoms with van der Waals surface area (Å²) in [5.74, 6) is -0.239. The average molecular weight is 526 g/mol. The van der Waals surface area contributed by atoms with Crippen LogP contribution in [0.25, 0.3) is 10.8 Å². The van der Waals surface area contributed by atoms with E-state index in [1.54, 1.807) is 12.0 Å². The van der Waals surface area contributed by atoms with Crippen LogP contribution >= 0.6 is 0 Å². The average Bonchev–Trinajstić information content (AvgIpc) is 3.40. The van der Waals surface area contributed by atoms with E-state index in [4.69, 9.17) is 4.74 Å². The molecule has 0 bridgehead atoms. The van der Waals surface area contributed by atoms with Crippen molar-refractivity contribution < 1.29 is 14.3 Å². The Morgan fingerprint density at radius 1 is 0.949 bits per heavy atom. The number of amides is 2. The number of rotatable bonds is 12. The smallest absolute Gasteiger partial charge is 0.254 e. The van der Waals surface area contributed by atoms with Gasteiger partial charge in [-0.3, -0.25) is 9.59 Å². The van der Waals surface area contributed by atoms with Gasteiger partial charge in [-0.1, -0.05) is 61.5 Å². The maximum absolute atomic E-state index is 13.8. The first-order chi connectivity index (χ1) is 18.9. The van der Waals surface area contributed by atoms with Crippen molar-refractivity contribution in [3.63, 3.8) is 0 Å². The molecule has 0 saturated heterocycles. The zero-order valence-electron chi connectivity index (χ0n) is 23.5. The van der Waals surface area contributed by atoms with Crippen molar-refractivity contribution in [2.45, 2.75) is 46.3 Å². The topological polar surface area (TPSA) is 54.8 Å². The van der Waals surface area contributed by atoms with Crippen molar-refractivity contribution in [3.05, 3.63) is 107 Å². The van der Waals surface area contributed by atoms with Gasteiger partial charge in [0.05, 0.1) is 13.2 Å². The van der Waals surface area contributed by atoms with Crippen LogP contribution in [-0.2, 0) is 22.6 Å². The monoisotopic (exact) mass is 525 g/mol. The first-order valence-electron chi connectivity index (χ1n) is 13.7. The molecule has 0 N–H and O–H groups in total. The Balaban J connectivity index is 1.54. The molecule has 1 atom stereocenters. The number of hydrogen-bond donors (Lipinski definition) is 0. The fourth-order valence-electron chi connectivity index (χ4n) is 4.82. The number of aryl methyl sites for hydroxylation is 1. The molecule has 39 heavy (non-hydrogen) atoms. The lowest BCUT2D eigenvalue weighted by molar-refractivity contribution is -0.135. The molecule has 1 heterocycles. The molecule has 0 aliphatic carbocycles. The molecule has 3 aromatic carbocycles. The molecular weight excluding hydrogens is 486 g/mol. The lowest BCUT2D eigenvalue weighted by Crippen LogP contribution is -2.46. The minimum absolute atomic E-state index is 0.00212. The van der Waals surface area contributed by atoms with Gasteiger partial charge in [-0.2, -0.15) is 0 Å². The number of aromatic nitrogens is 1. The summed E-state index contributed by atoms with van der Waals surface area (Å²) in [6, 6.07) is 26.1. The normalized spacial score (nSPS) is 11.9. The van der Waals surface area contributed by atoms with Crippen molar-refractivity contribution in [1.82, 2.24) is 14.4 Å². The molecule has 4 rings (SSSR count). The lowest BCUT2D eigenvalue weighted by Gasteiger charge is -2.32. The third kappa shape index (κ3) is 6.95. The maximum atomic E-state index is 13.8. The van der Waals surface area contributed by atoms with Crippen LogP contribution in [-0.4, -0.2) is 59.0 Å². The van der Waals surface area contributed by atoms with Gasteiger partial charge in [0.25, 0.3) is 5.91 Å². The van der Waals surface area contributed by atoms with Crippen LogP contribution in [0.5, 0.6) is 0 Å². The number of benzene rings is 3. The summed E-state index contributed by atoms with van der Waals surface area (Å²) in [4.78, 5) is 30.9. The van der Waals surface area contributed by atoms with E-state index in [9.17, 15) is 9.59 Å². The Morgan fingerprint density at radius 3 is 2.44 bits per heavy atom. The van der Waals surface area contributed by atoms with Gasteiger partial charge in [0.2, 0.25) is 5.91 Å². The number of carbonyl (C=O) groups excluding carboxylic acids is 2. The standard InChI is InChI=1S/C33H39N3O3/c1-5-26(3)36(23-31-15-10-18-34(31)22-30-14-7-6-11-25(30)2)32(37)24-35(19-20-39-4)33(38)29-17-16-27-12-8-9-13-28(27)21-29/h6-18,21,26H,5,19-20,22-24H2,1-4H3. The molecule has 1 aromatic heterocycles. The van der Waals surface area contributed by atoms with Crippen LogP contribution in [0.3, 0.4) is 0 Å². The van der Waals surface area contributed by atoms with E-state index in [2.05, 4.69) is 55.8 Å². The van der Waals surface area contributed by atoms with Crippen molar-refractivity contribution in [1.29, 1.82) is 0 Å². The molecule has 0 spiro atoms. The zero-order chi connectivity index (χ0) is 27.8. The summed E-state index contributed by atoms with van der Waals surface area (Å²) in [7, 11) is 1.61. The number of methoxy groups -OCH3 is 1. The van der Waals surface area contributed by atoms with Gasteiger partial charge >= 0.3 is 0 Å². The van der Waals surface area contributed by atoms with Crippen LogP contribution in [0.2, 0.25) is 0 Å². The predicted molar refractivity (Wildman–Crippen MR) is 157 cm³/mol. The highest BCUT2D eigenvalue weighted by atomic mass is 16.5. The summed E-state index contributed by atoms with van der Waals surface area (Å²) in [6.45, 7) is 8.19. The molecule has 204 valence electrons. The Bertz CT molecular complexity index is 1410. The Kier molecular flexibility index (Phi) is 9.55. The molecule has 1 unspecified atom stereocenters. The Hall–Kier alpha value is -3.90. The number of nitrogens with zero attached hydrogens (tertiary/aromatic N) is 3. The van der Waals surface area contributed by atoms with Crippen molar-refractivity contribution in [2.24, 2.45) is 0 Å². The van der Waals surface area contributed by atoms with Gasteiger partial charge in [0.15, 0.2) is 0 Å². The van der Waals surface area contributed by atoms with Gasteiger partial charge < -0.3 is 19.1 Å². The van der Waals surface area contributed by atoms with E-state index in [1.165, 1.54) is 11.1 Å². The predicted octanol–water partition coefficient (Wildman–Crippen LogP) is 5.91. The van der Waals surface area contributed by atoms with Gasteiger partial charge in [0, 0.05) is 43.7 Å². The van der Waals surface area contributed by atoms with E-state index >= 15 is 0 Å². The van der Waals surface area contributed by atoms with E-state index in [1.807, 2.05) is 59.5 Å². The first-order valence-corrected chi connectivity index (χ1v) is 13.7. The zero-order valence-corrected chi connectivity index (χ0v) is 23.5. The summed E-state index contributed by atoms with van der Waals surface area (Å²) in [5, 5.41) is 2.07. The SMILES string of the molecule is CCC(C)N(Cc1cccn1Cc1ccccc1C)C(=O)CN(CCOC)C(=O)c1ccc2ccccc2c1. The molecule has 6 nitrogen and oxygen atoms in total. The molecule has 0 radical (unpaired) electrons. The summed E-state index contributed by atoms with van der Waals surface area (Å²) in [6.07, 6.45) is 2.89. The van der Waals surface area contributed by atoms with Gasteiger partial charge in [-0.15, -0.1) is 0 Å². The molecule has 2 amide bonds. The van der Waals surface area contributed by atoms with Crippen molar-refractivity contribution in [3.8, 4) is 0 Å². The second kappa shape index (κ2) is 13.3. The van der Waals surface area contributed by atoms with Crippen LogP contribution in [0.15, 0.2) is 85.1 Å². The third-order valence-corrected chi connectivity index (χ3v) is 7.48. The van der Waals surface area contributed by atoms with E-state index < -0.39 is 0 Å². The van der Waals surface area contributed by atoms with Crippen LogP contribution < -0.4 is 0 Å². The molecule has 0 aliphatic rings. The van der Waals surface area contributed by atoms with Crippen LogP contribution in [0, 0.1) is 6.92 Å². The Labute approximate surface area is 231 Å². The van der Waals surface area contributed by atoms with E-state index in [0.717, 1.165) is 29.4 Å². The summed E-state index contributed by atoms with van der Waals surface area (Å²) in [5.41, 5.74) is 4.13. The minimum Gasteiger partial charge on any atom is -0.383 e. The third-order valence-electron chi connectivity index (χ3n) is 7.48. The molecular formula is C33H39N3O3. The second-order valence-electron chi connectivity index (χ2n) is 10.1. The molecule has 6 heteroatoms. The second-order valence-corrected chi connectivity index (χ2v) is 10.1. The quantitative estimate of drug-likeness (QED) is 0.231. The molecule has 4 aromatic rings. The summed E-state index contributed by atoms with van der Waals surface area (Å²) >= 11 is 0. The fraction of sp³-hybridized carbons (Fsp3) is 0.333. The van der Waals surface area contributed by atoms with Crippen molar-refractivity contribution >= 4 is 22.6 Å². The highest BCUT2D eigenvalue weighted by Gasteiger charge is 2.26. The van der Waals surface area contributed by atoms with E-state index in [-0.39, 0.29) is 24.4 Å². The highest BCUT2D eigenvalue weighted by Crippen LogP contribution is 2.19. The highest BCUT2D eigenvalue weighted by molar-refractivity contribution is 6.00. The number of ether oxygens (including phenoxy) is 1. The van der Waals surface area contributed by atoms with Gasteiger partial charge in [-0.25, -0.2) is 0 Å². The molecule has 0 saturated carbocycles.